The Bertz CT molecular complexity index is 921. The third kappa shape index (κ3) is 4.29. The molecule has 2 heterocycles. The van der Waals surface area contributed by atoms with E-state index in [2.05, 4.69) is 0 Å². The zero-order valence-corrected chi connectivity index (χ0v) is 16.2. The largest absolute Gasteiger partial charge is 0.381 e. The SMILES string of the molecule is O=C(C1CCOCC1)N(Cc1ccccc1)c1nc(-c2ccc(F)cc2)cs1. The number of thiazole rings is 1. The van der Waals surface area contributed by atoms with Gasteiger partial charge in [0.05, 0.1) is 12.2 Å². The van der Waals surface area contributed by atoms with Gasteiger partial charge >= 0.3 is 0 Å². The Morgan fingerprint density at radius 1 is 1.11 bits per heavy atom. The summed E-state index contributed by atoms with van der Waals surface area (Å²) in [6.07, 6.45) is 1.47. The fourth-order valence-corrected chi connectivity index (χ4v) is 4.15. The van der Waals surface area contributed by atoms with Gasteiger partial charge in [0.2, 0.25) is 5.91 Å². The van der Waals surface area contributed by atoms with Crippen molar-refractivity contribution < 1.29 is 13.9 Å². The van der Waals surface area contributed by atoms with Crippen molar-refractivity contribution in [1.29, 1.82) is 0 Å². The number of halogens is 1. The van der Waals surface area contributed by atoms with E-state index in [4.69, 9.17) is 9.72 Å². The molecule has 6 heteroatoms. The Hall–Kier alpha value is -2.57. The molecule has 3 aromatic rings. The van der Waals surface area contributed by atoms with E-state index < -0.39 is 0 Å². The maximum Gasteiger partial charge on any atom is 0.232 e. The first-order valence-electron chi connectivity index (χ1n) is 9.35. The fraction of sp³-hybridized carbons (Fsp3) is 0.273. The topological polar surface area (TPSA) is 42.4 Å². The van der Waals surface area contributed by atoms with Crippen molar-refractivity contribution in [3.05, 3.63) is 71.4 Å². The van der Waals surface area contributed by atoms with Gasteiger partial charge in [-0.15, -0.1) is 11.3 Å². The van der Waals surface area contributed by atoms with E-state index in [1.165, 1.54) is 23.5 Å². The Balaban J connectivity index is 1.62. The van der Waals surface area contributed by atoms with Gasteiger partial charge in [0.25, 0.3) is 0 Å². The van der Waals surface area contributed by atoms with E-state index in [1.54, 1.807) is 17.0 Å². The van der Waals surface area contributed by atoms with Gasteiger partial charge < -0.3 is 4.74 Å². The number of benzene rings is 2. The van der Waals surface area contributed by atoms with Crippen molar-refractivity contribution >= 4 is 22.4 Å². The van der Waals surface area contributed by atoms with Gasteiger partial charge in [0.1, 0.15) is 5.82 Å². The van der Waals surface area contributed by atoms with Crippen LogP contribution in [-0.4, -0.2) is 24.1 Å². The number of carbonyl (C=O) groups excluding carboxylic acids is 1. The molecule has 0 spiro atoms. The summed E-state index contributed by atoms with van der Waals surface area (Å²) in [5, 5.41) is 2.58. The van der Waals surface area contributed by atoms with Crippen LogP contribution in [0.2, 0.25) is 0 Å². The Kier molecular flexibility index (Phi) is 5.78. The fourth-order valence-electron chi connectivity index (χ4n) is 3.31. The number of aromatic nitrogens is 1. The maximum absolute atomic E-state index is 13.3. The molecular formula is C22H21FN2O2S. The third-order valence-electron chi connectivity index (χ3n) is 4.88. The maximum atomic E-state index is 13.3. The number of amides is 1. The summed E-state index contributed by atoms with van der Waals surface area (Å²) in [5.41, 5.74) is 2.64. The zero-order chi connectivity index (χ0) is 19.3. The van der Waals surface area contributed by atoms with E-state index in [0.29, 0.717) is 24.9 Å². The molecule has 4 nitrogen and oxygen atoms in total. The third-order valence-corrected chi connectivity index (χ3v) is 5.75. The molecule has 0 atom stereocenters. The Labute approximate surface area is 167 Å². The zero-order valence-electron chi connectivity index (χ0n) is 15.4. The molecule has 1 saturated heterocycles. The molecule has 1 fully saturated rings. The molecule has 0 unspecified atom stereocenters. The van der Waals surface area contributed by atoms with E-state index in [-0.39, 0.29) is 17.6 Å². The van der Waals surface area contributed by atoms with Crippen LogP contribution in [0.15, 0.2) is 60.0 Å². The van der Waals surface area contributed by atoms with Gasteiger partial charge in [-0.3, -0.25) is 9.69 Å². The first-order valence-corrected chi connectivity index (χ1v) is 10.2. The minimum atomic E-state index is -0.278. The minimum absolute atomic E-state index is 0.0457. The van der Waals surface area contributed by atoms with Gasteiger partial charge in [0, 0.05) is 30.1 Å². The molecule has 0 N–H and O–H groups in total. The number of hydrogen-bond donors (Lipinski definition) is 0. The van der Waals surface area contributed by atoms with Gasteiger partial charge in [-0.2, -0.15) is 0 Å². The highest BCUT2D eigenvalue weighted by atomic mass is 32.1. The standard InChI is InChI=1S/C22H21FN2O2S/c23-19-8-6-17(7-9-19)20-15-28-22(24-20)25(14-16-4-2-1-3-5-16)21(26)18-10-12-27-13-11-18/h1-9,15,18H,10-14H2. The Morgan fingerprint density at radius 3 is 2.54 bits per heavy atom. The molecule has 2 aromatic carbocycles. The van der Waals surface area contributed by atoms with E-state index >= 15 is 0 Å². The smallest absolute Gasteiger partial charge is 0.232 e. The van der Waals surface area contributed by atoms with Gasteiger partial charge in [-0.05, 0) is 42.7 Å². The molecule has 4 rings (SSSR count). The van der Waals surface area contributed by atoms with Crippen LogP contribution in [0.1, 0.15) is 18.4 Å². The van der Waals surface area contributed by atoms with Crippen LogP contribution in [0.25, 0.3) is 11.3 Å². The van der Waals surface area contributed by atoms with E-state index in [1.807, 2.05) is 35.7 Å². The second-order valence-corrected chi connectivity index (χ2v) is 7.66. The first kappa shape index (κ1) is 18.8. The molecule has 1 aromatic heterocycles. The lowest BCUT2D eigenvalue weighted by molar-refractivity contribution is -0.125. The van der Waals surface area contributed by atoms with Crippen LogP contribution < -0.4 is 4.90 Å². The quantitative estimate of drug-likeness (QED) is 0.615. The lowest BCUT2D eigenvalue weighted by atomic mass is 9.98. The summed E-state index contributed by atoms with van der Waals surface area (Å²) in [7, 11) is 0. The molecule has 28 heavy (non-hydrogen) atoms. The Morgan fingerprint density at radius 2 is 1.82 bits per heavy atom. The molecule has 0 radical (unpaired) electrons. The highest BCUT2D eigenvalue weighted by molar-refractivity contribution is 7.14. The summed E-state index contributed by atoms with van der Waals surface area (Å²) in [6.45, 7) is 1.72. The average molecular weight is 396 g/mol. The minimum Gasteiger partial charge on any atom is -0.381 e. The van der Waals surface area contributed by atoms with Crippen molar-refractivity contribution in [1.82, 2.24) is 4.98 Å². The van der Waals surface area contributed by atoms with E-state index in [0.717, 1.165) is 29.7 Å². The molecule has 1 amide bonds. The normalized spacial score (nSPS) is 14.8. The van der Waals surface area contributed by atoms with Gasteiger partial charge in [-0.1, -0.05) is 30.3 Å². The number of carbonyl (C=O) groups is 1. The number of nitrogens with zero attached hydrogens (tertiary/aromatic N) is 2. The molecule has 0 bridgehead atoms. The molecule has 1 aliphatic rings. The lowest BCUT2D eigenvalue weighted by Gasteiger charge is -2.28. The molecule has 0 aliphatic carbocycles. The second kappa shape index (κ2) is 8.63. The lowest BCUT2D eigenvalue weighted by Crippen LogP contribution is -2.38. The van der Waals surface area contributed by atoms with Crippen LogP contribution in [-0.2, 0) is 16.1 Å². The van der Waals surface area contributed by atoms with Crippen molar-refractivity contribution in [2.24, 2.45) is 5.92 Å². The van der Waals surface area contributed by atoms with Gasteiger partial charge in [-0.25, -0.2) is 9.37 Å². The van der Waals surface area contributed by atoms with Crippen LogP contribution in [0.4, 0.5) is 9.52 Å². The summed E-state index contributed by atoms with van der Waals surface area (Å²) in [6, 6.07) is 16.2. The molecule has 0 saturated carbocycles. The number of ether oxygens (including phenoxy) is 1. The van der Waals surface area contributed by atoms with Crippen LogP contribution >= 0.6 is 11.3 Å². The average Bonchev–Trinajstić information content (AvgIpc) is 3.23. The molecular weight excluding hydrogens is 375 g/mol. The number of anilines is 1. The van der Waals surface area contributed by atoms with Crippen molar-refractivity contribution in [2.75, 3.05) is 18.1 Å². The van der Waals surface area contributed by atoms with E-state index in [9.17, 15) is 9.18 Å². The monoisotopic (exact) mass is 396 g/mol. The van der Waals surface area contributed by atoms with Crippen molar-refractivity contribution in [3.63, 3.8) is 0 Å². The number of rotatable bonds is 5. The highest BCUT2D eigenvalue weighted by Crippen LogP contribution is 2.31. The van der Waals surface area contributed by atoms with Crippen LogP contribution in [0, 0.1) is 11.7 Å². The predicted octanol–water partition coefficient (Wildman–Crippen LogP) is 4.91. The highest BCUT2D eigenvalue weighted by Gasteiger charge is 2.29. The van der Waals surface area contributed by atoms with Gasteiger partial charge in [0.15, 0.2) is 5.13 Å². The first-order chi connectivity index (χ1) is 13.7. The second-order valence-electron chi connectivity index (χ2n) is 6.82. The van der Waals surface area contributed by atoms with Crippen LogP contribution in [0.3, 0.4) is 0 Å². The molecule has 1 aliphatic heterocycles. The van der Waals surface area contributed by atoms with Crippen LogP contribution in [0.5, 0.6) is 0 Å². The number of hydrogen-bond acceptors (Lipinski definition) is 4. The summed E-state index contributed by atoms with van der Waals surface area (Å²) < 4.78 is 18.6. The predicted molar refractivity (Wildman–Crippen MR) is 109 cm³/mol. The van der Waals surface area contributed by atoms with Crippen molar-refractivity contribution in [3.8, 4) is 11.3 Å². The summed E-state index contributed by atoms with van der Waals surface area (Å²) in [4.78, 5) is 19.8. The summed E-state index contributed by atoms with van der Waals surface area (Å²) in [5.74, 6) is -0.234. The molecule has 144 valence electrons. The van der Waals surface area contributed by atoms with Crippen molar-refractivity contribution in [2.45, 2.75) is 19.4 Å². The summed E-state index contributed by atoms with van der Waals surface area (Å²) >= 11 is 1.44.